The van der Waals surface area contributed by atoms with Crippen molar-refractivity contribution in [1.29, 1.82) is 0 Å². The average Bonchev–Trinajstić information content (AvgIpc) is 3.21. The number of carbonyl (C=O) groups is 2. The molecule has 0 fully saturated rings. The maximum atomic E-state index is 13.6. The smallest absolute Gasteiger partial charge is 0.254 e. The van der Waals surface area contributed by atoms with Gasteiger partial charge in [-0.25, -0.2) is 9.07 Å². The monoisotopic (exact) mass is 466 g/mol. The Balaban J connectivity index is 1.85. The van der Waals surface area contributed by atoms with Crippen LogP contribution in [-0.4, -0.2) is 53.3 Å². The number of aromatic nitrogens is 2. The highest BCUT2D eigenvalue weighted by molar-refractivity contribution is 5.99. The van der Waals surface area contributed by atoms with Crippen molar-refractivity contribution in [3.63, 3.8) is 0 Å². The molecule has 34 heavy (non-hydrogen) atoms. The fourth-order valence-electron chi connectivity index (χ4n) is 3.33. The average molecular weight is 467 g/mol. The number of carbonyl (C=O) groups excluding carboxylic acids is 2. The van der Waals surface area contributed by atoms with E-state index in [1.807, 2.05) is 58.0 Å². The second kappa shape index (κ2) is 10.6. The molecule has 0 aliphatic heterocycles. The van der Waals surface area contributed by atoms with E-state index in [2.05, 4.69) is 5.32 Å². The van der Waals surface area contributed by atoms with Gasteiger partial charge in [-0.1, -0.05) is 44.5 Å². The Morgan fingerprint density at radius 3 is 2.44 bits per heavy atom. The molecule has 0 bridgehead atoms. The van der Waals surface area contributed by atoms with E-state index in [0.717, 1.165) is 23.0 Å². The molecule has 1 aromatic heterocycles. The summed E-state index contributed by atoms with van der Waals surface area (Å²) in [6.07, 6.45) is 0. The molecule has 8 heteroatoms. The highest BCUT2D eigenvalue weighted by Crippen LogP contribution is 2.26. The number of rotatable bonds is 8. The van der Waals surface area contributed by atoms with E-state index in [-0.39, 0.29) is 30.7 Å². The lowest BCUT2D eigenvalue weighted by Crippen LogP contribution is -2.40. The lowest BCUT2D eigenvalue weighted by molar-refractivity contribution is -0.117. The molecule has 3 rings (SSSR count). The zero-order valence-corrected chi connectivity index (χ0v) is 20.3. The van der Waals surface area contributed by atoms with Crippen LogP contribution < -0.4 is 5.32 Å². The van der Waals surface area contributed by atoms with E-state index in [1.54, 1.807) is 4.68 Å². The number of amides is 2. The SMILES string of the molecule is COCCN(CC(=O)Nc1cc(C(C)(C)C)nn1-c1ccc(C)cc1)C(=O)c1cccc(F)c1. The molecule has 0 aliphatic carbocycles. The largest absolute Gasteiger partial charge is 0.383 e. The predicted octanol–water partition coefficient (Wildman–Crippen LogP) is 4.34. The molecular formula is C26H31FN4O3. The number of nitrogens with one attached hydrogen (secondary N) is 1. The van der Waals surface area contributed by atoms with Crippen LogP contribution in [0.2, 0.25) is 0 Å². The van der Waals surface area contributed by atoms with E-state index in [9.17, 15) is 14.0 Å². The van der Waals surface area contributed by atoms with E-state index in [0.29, 0.717) is 5.82 Å². The zero-order chi connectivity index (χ0) is 24.9. The number of hydrogen-bond donors (Lipinski definition) is 1. The molecule has 2 aromatic carbocycles. The molecule has 0 spiro atoms. The number of ether oxygens (including phenoxy) is 1. The van der Waals surface area contributed by atoms with Gasteiger partial charge in [0.1, 0.15) is 18.2 Å². The van der Waals surface area contributed by atoms with Gasteiger partial charge in [-0.05, 0) is 37.3 Å². The van der Waals surface area contributed by atoms with Crippen LogP contribution in [0, 0.1) is 12.7 Å². The third-order valence-electron chi connectivity index (χ3n) is 5.28. The number of anilines is 1. The molecule has 7 nitrogen and oxygen atoms in total. The van der Waals surface area contributed by atoms with Gasteiger partial charge in [0, 0.05) is 30.7 Å². The van der Waals surface area contributed by atoms with Crippen molar-refractivity contribution in [1.82, 2.24) is 14.7 Å². The van der Waals surface area contributed by atoms with Crippen LogP contribution in [-0.2, 0) is 14.9 Å². The van der Waals surface area contributed by atoms with E-state index in [1.165, 1.54) is 30.2 Å². The summed E-state index contributed by atoms with van der Waals surface area (Å²) >= 11 is 0. The molecule has 0 unspecified atom stereocenters. The van der Waals surface area contributed by atoms with Gasteiger partial charge in [0.15, 0.2) is 0 Å². The Morgan fingerprint density at radius 2 is 1.82 bits per heavy atom. The van der Waals surface area contributed by atoms with Crippen molar-refractivity contribution >= 4 is 17.6 Å². The minimum atomic E-state index is -0.515. The van der Waals surface area contributed by atoms with Gasteiger partial charge >= 0.3 is 0 Å². The van der Waals surface area contributed by atoms with Gasteiger partial charge in [0.05, 0.1) is 18.0 Å². The van der Waals surface area contributed by atoms with Gasteiger partial charge in [-0.2, -0.15) is 5.10 Å². The number of benzene rings is 2. The summed E-state index contributed by atoms with van der Waals surface area (Å²) in [5.74, 6) is -0.855. The van der Waals surface area contributed by atoms with Crippen LogP contribution in [0.4, 0.5) is 10.2 Å². The highest BCUT2D eigenvalue weighted by Gasteiger charge is 2.23. The molecule has 0 radical (unpaired) electrons. The number of halogens is 1. The lowest BCUT2D eigenvalue weighted by atomic mass is 9.92. The fourth-order valence-corrected chi connectivity index (χ4v) is 3.33. The fraction of sp³-hybridized carbons (Fsp3) is 0.346. The van der Waals surface area contributed by atoms with Gasteiger partial charge in [-0.3, -0.25) is 9.59 Å². The Morgan fingerprint density at radius 1 is 1.12 bits per heavy atom. The first-order valence-corrected chi connectivity index (χ1v) is 11.1. The van der Waals surface area contributed by atoms with Crippen molar-refractivity contribution in [2.45, 2.75) is 33.1 Å². The van der Waals surface area contributed by atoms with Crippen molar-refractivity contribution in [3.05, 3.63) is 77.2 Å². The minimum absolute atomic E-state index is 0.170. The highest BCUT2D eigenvalue weighted by atomic mass is 19.1. The molecule has 0 atom stereocenters. The molecule has 0 aliphatic rings. The molecule has 0 saturated carbocycles. The normalized spacial score (nSPS) is 11.4. The summed E-state index contributed by atoms with van der Waals surface area (Å²) in [7, 11) is 1.51. The van der Waals surface area contributed by atoms with E-state index in [4.69, 9.17) is 9.84 Å². The standard InChI is InChI=1S/C26H31FN4O3/c1-18-9-11-21(12-10-18)31-23(16-22(29-31)26(2,3)4)28-24(32)17-30(13-14-34-5)25(33)19-7-6-8-20(27)15-19/h6-12,15-16H,13-14,17H2,1-5H3,(H,28,32). The van der Waals surface area contributed by atoms with Gasteiger partial charge in [-0.15, -0.1) is 0 Å². The van der Waals surface area contributed by atoms with Gasteiger partial charge in [0.2, 0.25) is 5.91 Å². The summed E-state index contributed by atoms with van der Waals surface area (Å²) in [4.78, 5) is 27.3. The number of nitrogens with zero attached hydrogens (tertiary/aromatic N) is 3. The number of aryl methyl sites for hydroxylation is 1. The van der Waals surface area contributed by atoms with Crippen LogP contribution in [0.5, 0.6) is 0 Å². The second-order valence-electron chi connectivity index (χ2n) is 9.19. The molecule has 3 aromatic rings. The van der Waals surface area contributed by atoms with Crippen LogP contribution in [0.3, 0.4) is 0 Å². The van der Waals surface area contributed by atoms with E-state index >= 15 is 0 Å². The van der Waals surface area contributed by atoms with Gasteiger partial charge in [0.25, 0.3) is 5.91 Å². The first kappa shape index (κ1) is 25.1. The maximum absolute atomic E-state index is 13.6. The Hall–Kier alpha value is -3.52. The first-order chi connectivity index (χ1) is 16.1. The summed E-state index contributed by atoms with van der Waals surface area (Å²) < 4.78 is 20.4. The van der Waals surface area contributed by atoms with Crippen molar-refractivity contribution in [3.8, 4) is 5.69 Å². The number of hydrogen-bond acceptors (Lipinski definition) is 4. The van der Waals surface area contributed by atoms with Crippen molar-refractivity contribution < 1.29 is 18.7 Å². The van der Waals surface area contributed by atoms with Crippen LogP contribution in [0.25, 0.3) is 5.69 Å². The van der Waals surface area contributed by atoms with Crippen LogP contribution in [0.1, 0.15) is 42.4 Å². The quantitative estimate of drug-likeness (QED) is 0.536. The summed E-state index contributed by atoms with van der Waals surface area (Å²) in [6, 6.07) is 15.1. The molecular weight excluding hydrogens is 435 g/mol. The van der Waals surface area contributed by atoms with Gasteiger partial charge < -0.3 is 15.0 Å². The summed E-state index contributed by atoms with van der Waals surface area (Å²) in [6.45, 7) is 8.34. The van der Waals surface area contributed by atoms with Crippen LogP contribution >= 0.6 is 0 Å². The Kier molecular flexibility index (Phi) is 7.83. The third-order valence-corrected chi connectivity index (χ3v) is 5.28. The Labute approximate surface area is 199 Å². The van der Waals surface area contributed by atoms with Crippen LogP contribution in [0.15, 0.2) is 54.6 Å². The van der Waals surface area contributed by atoms with E-state index < -0.39 is 17.6 Å². The Bertz CT molecular complexity index is 1150. The second-order valence-corrected chi connectivity index (χ2v) is 9.19. The minimum Gasteiger partial charge on any atom is -0.383 e. The molecule has 1 heterocycles. The third kappa shape index (κ3) is 6.29. The summed E-state index contributed by atoms with van der Waals surface area (Å²) in [5, 5.41) is 7.61. The molecule has 1 N–H and O–H groups in total. The number of methoxy groups -OCH3 is 1. The predicted molar refractivity (Wildman–Crippen MR) is 130 cm³/mol. The van der Waals surface area contributed by atoms with Crippen molar-refractivity contribution in [2.24, 2.45) is 0 Å². The maximum Gasteiger partial charge on any atom is 0.254 e. The van der Waals surface area contributed by atoms with Crippen molar-refractivity contribution in [2.75, 3.05) is 32.1 Å². The molecule has 2 amide bonds. The topological polar surface area (TPSA) is 76.5 Å². The lowest BCUT2D eigenvalue weighted by Gasteiger charge is -2.22. The zero-order valence-electron chi connectivity index (χ0n) is 20.3. The first-order valence-electron chi connectivity index (χ1n) is 11.1. The molecule has 0 saturated heterocycles. The summed E-state index contributed by atoms with van der Waals surface area (Å²) in [5.41, 5.74) is 2.68. The molecule has 180 valence electrons.